The van der Waals surface area contributed by atoms with E-state index in [0.29, 0.717) is 12.8 Å². The van der Waals surface area contributed by atoms with Gasteiger partial charge in [0.15, 0.2) is 11.6 Å². The zero-order valence-corrected chi connectivity index (χ0v) is 15.7. The quantitative estimate of drug-likeness (QED) is 0.536. The van der Waals surface area contributed by atoms with Crippen molar-refractivity contribution in [3.63, 3.8) is 0 Å². The minimum atomic E-state index is -1.56. The Balaban J connectivity index is 1.85. The van der Waals surface area contributed by atoms with Crippen molar-refractivity contribution < 1.29 is 26.7 Å². The number of hydrogen-bond donors (Lipinski definition) is 0. The first kappa shape index (κ1) is 20.4. The Morgan fingerprint density at radius 3 is 2.37 bits per heavy atom. The molecule has 0 saturated heterocycles. The molecule has 2 aliphatic carbocycles. The van der Waals surface area contributed by atoms with E-state index >= 15 is 0 Å². The molecule has 2 fully saturated rings. The summed E-state index contributed by atoms with van der Waals surface area (Å²) < 4.78 is 78.4. The van der Waals surface area contributed by atoms with E-state index in [2.05, 4.69) is 0 Å². The van der Waals surface area contributed by atoms with Crippen LogP contribution < -0.4 is 4.74 Å². The van der Waals surface area contributed by atoms with E-state index in [4.69, 9.17) is 4.74 Å². The molecule has 0 bridgehead atoms. The van der Waals surface area contributed by atoms with Crippen molar-refractivity contribution in [2.24, 2.45) is 17.8 Å². The van der Waals surface area contributed by atoms with Crippen molar-refractivity contribution in [3.8, 4) is 5.75 Å². The highest BCUT2D eigenvalue weighted by atomic mass is 19.2. The highest BCUT2D eigenvalue weighted by Crippen LogP contribution is 2.51. The number of hydrogen-bond acceptors (Lipinski definition) is 1. The lowest BCUT2D eigenvalue weighted by molar-refractivity contribution is 0.101. The van der Waals surface area contributed by atoms with E-state index < -0.39 is 42.0 Å². The number of ether oxygens (including phenoxy) is 1. The smallest absolute Gasteiger partial charge is 0.200 e. The van der Waals surface area contributed by atoms with Crippen LogP contribution in [0.3, 0.4) is 0 Å². The van der Waals surface area contributed by atoms with Gasteiger partial charge in [0.05, 0.1) is 6.61 Å². The molecule has 1 aromatic rings. The second kappa shape index (κ2) is 8.36. The van der Waals surface area contributed by atoms with Crippen LogP contribution in [0.2, 0.25) is 0 Å². The molecular weight excluding hydrogens is 363 g/mol. The van der Waals surface area contributed by atoms with Crippen molar-refractivity contribution in [2.75, 3.05) is 6.61 Å². The molecule has 0 amide bonds. The predicted octanol–water partition coefficient (Wildman–Crippen LogP) is 6.31. The molecule has 7 unspecified atom stereocenters. The molecule has 2 aliphatic rings. The number of fused-ring (bicyclic) bond motifs is 1. The molecule has 0 aromatic heterocycles. The van der Waals surface area contributed by atoms with E-state index in [9.17, 15) is 22.0 Å². The lowest BCUT2D eigenvalue weighted by Crippen LogP contribution is -2.28. The van der Waals surface area contributed by atoms with Gasteiger partial charge in [0.25, 0.3) is 0 Å². The second-order valence-corrected chi connectivity index (χ2v) is 7.89. The van der Waals surface area contributed by atoms with Crippen LogP contribution in [0.15, 0.2) is 12.1 Å². The molecule has 0 aliphatic heterocycles. The molecule has 152 valence electrons. The van der Waals surface area contributed by atoms with Gasteiger partial charge in [0.1, 0.15) is 18.5 Å². The molecule has 0 spiro atoms. The zero-order chi connectivity index (χ0) is 19.7. The highest BCUT2D eigenvalue weighted by Gasteiger charge is 2.51. The van der Waals surface area contributed by atoms with Gasteiger partial charge in [-0.05, 0) is 56.1 Å². The van der Waals surface area contributed by atoms with Crippen molar-refractivity contribution in [1.82, 2.24) is 0 Å². The molecule has 6 heteroatoms. The summed E-state index contributed by atoms with van der Waals surface area (Å²) in [5.41, 5.74) is -0.188. The fourth-order valence-corrected chi connectivity index (χ4v) is 5.07. The van der Waals surface area contributed by atoms with E-state index in [1.54, 1.807) is 6.92 Å². The summed E-state index contributed by atoms with van der Waals surface area (Å²) in [5, 5.41) is 0. The molecular formula is C21H27F5O. The Morgan fingerprint density at radius 1 is 0.963 bits per heavy atom. The Labute approximate surface area is 157 Å². The molecule has 1 aromatic carbocycles. The predicted molar refractivity (Wildman–Crippen MR) is 94.2 cm³/mol. The Kier molecular flexibility index (Phi) is 6.32. The third-order valence-electron chi connectivity index (χ3n) is 6.26. The Hall–Kier alpha value is -1.33. The summed E-state index contributed by atoms with van der Waals surface area (Å²) in [6.45, 7) is 3.75. The standard InChI is InChI=1S/C21H27F5O/c1-3-5-11-8-12-9-15(22)14(10-16(23)18(12)19(11)24)13-6-7-17(27-4-2)21(26)20(13)25/h6-7,11-12,14-16,18-19H,3-5,8-10H2,1-2H3. The molecule has 0 heterocycles. The fraction of sp³-hybridized carbons (Fsp3) is 0.714. The molecule has 0 N–H and O–H groups in total. The minimum absolute atomic E-state index is 0.00927. The van der Waals surface area contributed by atoms with Gasteiger partial charge >= 0.3 is 0 Å². The molecule has 2 saturated carbocycles. The molecule has 3 rings (SSSR count). The van der Waals surface area contributed by atoms with Crippen LogP contribution in [0.5, 0.6) is 5.75 Å². The van der Waals surface area contributed by atoms with Gasteiger partial charge in [-0.1, -0.05) is 19.4 Å². The van der Waals surface area contributed by atoms with Crippen LogP contribution in [0.4, 0.5) is 22.0 Å². The summed E-state index contributed by atoms with van der Waals surface area (Å²) in [4.78, 5) is 0. The monoisotopic (exact) mass is 390 g/mol. The number of alkyl halides is 3. The van der Waals surface area contributed by atoms with Crippen molar-refractivity contribution in [1.29, 1.82) is 0 Å². The topological polar surface area (TPSA) is 9.23 Å². The van der Waals surface area contributed by atoms with E-state index in [-0.39, 0.29) is 42.6 Å². The molecule has 7 atom stereocenters. The van der Waals surface area contributed by atoms with Crippen LogP contribution in [-0.4, -0.2) is 25.1 Å². The maximum atomic E-state index is 15.0. The summed E-state index contributed by atoms with van der Waals surface area (Å²) >= 11 is 0. The number of rotatable bonds is 5. The van der Waals surface area contributed by atoms with Gasteiger partial charge in [0, 0.05) is 11.8 Å². The van der Waals surface area contributed by atoms with Gasteiger partial charge < -0.3 is 4.74 Å². The number of benzene rings is 1. The minimum Gasteiger partial charge on any atom is -0.491 e. The second-order valence-electron chi connectivity index (χ2n) is 7.89. The maximum Gasteiger partial charge on any atom is 0.200 e. The van der Waals surface area contributed by atoms with Crippen LogP contribution in [0.1, 0.15) is 57.4 Å². The summed E-state index contributed by atoms with van der Waals surface area (Å²) in [6, 6.07) is 2.51. The lowest BCUT2D eigenvalue weighted by Gasteiger charge is -2.24. The van der Waals surface area contributed by atoms with E-state index in [1.807, 2.05) is 6.92 Å². The zero-order valence-electron chi connectivity index (χ0n) is 15.7. The Bertz CT molecular complexity index is 652. The molecule has 1 nitrogen and oxygen atoms in total. The van der Waals surface area contributed by atoms with Gasteiger partial charge in [0.2, 0.25) is 5.82 Å². The molecule has 0 radical (unpaired) electrons. The lowest BCUT2D eigenvalue weighted by atomic mass is 9.87. The third-order valence-corrected chi connectivity index (χ3v) is 6.26. The first-order chi connectivity index (χ1) is 12.9. The van der Waals surface area contributed by atoms with Gasteiger partial charge in [-0.2, -0.15) is 4.39 Å². The largest absolute Gasteiger partial charge is 0.491 e. The average Bonchev–Trinajstić information content (AvgIpc) is 2.86. The van der Waals surface area contributed by atoms with Crippen molar-refractivity contribution in [2.45, 2.75) is 70.4 Å². The highest BCUT2D eigenvalue weighted by molar-refractivity contribution is 5.34. The van der Waals surface area contributed by atoms with E-state index in [0.717, 1.165) is 6.42 Å². The van der Waals surface area contributed by atoms with Gasteiger partial charge in [-0.3, -0.25) is 0 Å². The fourth-order valence-electron chi connectivity index (χ4n) is 5.07. The van der Waals surface area contributed by atoms with Crippen molar-refractivity contribution in [3.05, 3.63) is 29.3 Å². The van der Waals surface area contributed by atoms with Crippen molar-refractivity contribution >= 4 is 0 Å². The van der Waals surface area contributed by atoms with Crippen LogP contribution in [0, 0.1) is 29.4 Å². The number of halogens is 5. The normalized spacial score (nSPS) is 36.3. The van der Waals surface area contributed by atoms with E-state index in [1.165, 1.54) is 12.1 Å². The van der Waals surface area contributed by atoms with Crippen LogP contribution in [-0.2, 0) is 0 Å². The van der Waals surface area contributed by atoms with Crippen LogP contribution >= 0.6 is 0 Å². The van der Waals surface area contributed by atoms with Crippen LogP contribution in [0.25, 0.3) is 0 Å². The Morgan fingerprint density at radius 2 is 1.70 bits per heavy atom. The SMILES string of the molecule is CCCC1CC2CC(F)C(c3ccc(OCC)c(F)c3F)CC(F)C2C1F. The first-order valence-electron chi connectivity index (χ1n) is 9.91. The van der Waals surface area contributed by atoms with Gasteiger partial charge in [-0.25, -0.2) is 17.6 Å². The molecule has 27 heavy (non-hydrogen) atoms. The van der Waals surface area contributed by atoms with Gasteiger partial charge in [-0.15, -0.1) is 0 Å². The average molecular weight is 390 g/mol. The summed E-state index contributed by atoms with van der Waals surface area (Å²) in [7, 11) is 0. The summed E-state index contributed by atoms with van der Waals surface area (Å²) in [5.74, 6) is -5.22. The summed E-state index contributed by atoms with van der Waals surface area (Å²) in [6.07, 6.45) is -2.79. The third kappa shape index (κ3) is 3.81. The maximum absolute atomic E-state index is 15.0. The first-order valence-corrected chi connectivity index (χ1v) is 9.91.